The fraction of sp³-hybridized carbons (Fsp3) is 0.385. The molecule has 0 aliphatic heterocycles. The molecule has 0 saturated carbocycles. The van der Waals surface area contributed by atoms with Crippen molar-refractivity contribution in [3.8, 4) is 6.07 Å². The van der Waals surface area contributed by atoms with Gasteiger partial charge in [0.1, 0.15) is 0 Å². The number of nitrogens with zero attached hydrogens (tertiary/aromatic N) is 1. The van der Waals surface area contributed by atoms with Crippen molar-refractivity contribution in [2.45, 2.75) is 26.7 Å². The number of hydrogen-bond donors (Lipinski definition) is 0. The lowest BCUT2D eigenvalue weighted by atomic mass is 9.94. The molecular weight excluding hydrogens is 240 g/mol. The van der Waals surface area contributed by atoms with Crippen molar-refractivity contribution in [2.24, 2.45) is 0 Å². The van der Waals surface area contributed by atoms with Gasteiger partial charge in [0.15, 0.2) is 0 Å². The fourth-order valence-electron chi connectivity index (χ4n) is 1.79. The Morgan fingerprint density at radius 2 is 2.11 bits per heavy atom. The number of alkyl halides is 2. The molecular formula is C13H13F2NO2. The van der Waals surface area contributed by atoms with Crippen LogP contribution in [0.3, 0.4) is 0 Å². The zero-order valence-corrected chi connectivity index (χ0v) is 10.2. The minimum atomic E-state index is -2.79. The van der Waals surface area contributed by atoms with Gasteiger partial charge < -0.3 is 4.74 Å². The molecule has 0 saturated heterocycles. The first-order chi connectivity index (χ1) is 8.56. The number of benzene rings is 1. The van der Waals surface area contributed by atoms with Crippen LogP contribution in [0.4, 0.5) is 8.78 Å². The van der Waals surface area contributed by atoms with Crippen molar-refractivity contribution in [3.63, 3.8) is 0 Å². The summed E-state index contributed by atoms with van der Waals surface area (Å²) >= 11 is 0. The molecule has 0 aliphatic carbocycles. The number of ether oxygens (including phenoxy) is 1. The third kappa shape index (κ3) is 2.65. The van der Waals surface area contributed by atoms with E-state index in [4.69, 9.17) is 10.00 Å². The third-order valence-electron chi connectivity index (χ3n) is 2.54. The predicted molar refractivity (Wildman–Crippen MR) is 61.4 cm³/mol. The quantitative estimate of drug-likeness (QED) is 0.774. The van der Waals surface area contributed by atoms with Crippen molar-refractivity contribution >= 4 is 5.97 Å². The van der Waals surface area contributed by atoms with Crippen LogP contribution in [-0.4, -0.2) is 12.6 Å². The van der Waals surface area contributed by atoms with E-state index in [-0.39, 0.29) is 35.3 Å². The third-order valence-corrected chi connectivity index (χ3v) is 2.54. The van der Waals surface area contributed by atoms with Crippen molar-refractivity contribution in [1.29, 1.82) is 5.26 Å². The molecule has 0 N–H and O–H groups in total. The normalized spacial score (nSPS) is 10.2. The molecule has 0 heterocycles. The van der Waals surface area contributed by atoms with E-state index in [1.54, 1.807) is 19.9 Å². The number of hydrogen-bond acceptors (Lipinski definition) is 3. The molecule has 0 unspecified atom stereocenters. The van der Waals surface area contributed by atoms with Gasteiger partial charge in [0.05, 0.1) is 23.8 Å². The van der Waals surface area contributed by atoms with E-state index in [9.17, 15) is 13.6 Å². The Morgan fingerprint density at radius 3 is 2.56 bits per heavy atom. The first-order valence-electron chi connectivity index (χ1n) is 5.57. The lowest BCUT2D eigenvalue weighted by Crippen LogP contribution is -2.11. The number of halogens is 2. The average molecular weight is 253 g/mol. The van der Waals surface area contributed by atoms with E-state index < -0.39 is 12.4 Å². The van der Waals surface area contributed by atoms with Crippen LogP contribution >= 0.6 is 0 Å². The zero-order valence-electron chi connectivity index (χ0n) is 10.2. The van der Waals surface area contributed by atoms with Crippen molar-refractivity contribution in [2.75, 3.05) is 6.61 Å². The molecule has 0 aliphatic rings. The minimum absolute atomic E-state index is 0.102. The lowest BCUT2D eigenvalue weighted by Gasteiger charge is -2.13. The highest BCUT2D eigenvalue weighted by atomic mass is 19.3. The van der Waals surface area contributed by atoms with Crippen LogP contribution < -0.4 is 0 Å². The van der Waals surface area contributed by atoms with Gasteiger partial charge in [-0.2, -0.15) is 5.26 Å². The molecule has 0 atom stereocenters. The molecule has 1 aromatic carbocycles. The Bertz CT molecular complexity index is 492. The molecule has 0 radical (unpaired) electrons. The zero-order chi connectivity index (χ0) is 13.7. The van der Waals surface area contributed by atoms with E-state index in [2.05, 4.69) is 0 Å². The summed E-state index contributed by atoms with van der Waals surface area (Å²) < 4.78 is 30.8. The molecule has 18 heavy (non-hydrogen) atoms. The predicted octanol–water partition coefficient (Wildman–Crippen LogP) is 3.23. The Labute approximate surface area is 104 Å². The molecule has 5 heteroatoms. The Kier molecular flexibility index (Phi) is 4.78. The van der Waals surface area contributed by atoms with Gasteiger partial charge in [-0.3, -0.25) is 0 Å². The fourth-order valence-corrected chi connectivity index (χ4v) is 1.79. The van der Waals surface area contributed by atoms with Gasteiger partial charge in [0.25, 0.3) is 6.43 Å². The number of carbonyl (C=O) groups is 1. The van der Waals surface area contributed by atoms with Gasteiger partial charge in [-0.15, -0.1) is 0 Å². The highest BCUT2D eigenvalue weighted by molar-refractivity contribution is 5.92. The van der Waals surface area contributed by atoms with Crippen LogP contribution in [0.15, 0.2) is 12.1 Å². The molecule has 0 spiro atoms. The van der Waals surface area contributed by atoms with Gasteiger partial charge in [-0.05, 0) is 31.0 Å². The Hall–Kier alpha value is -1.96. The van der Waals surface area contributed by atoms with Crippen LogP contribution in [0.1, 0.15) is 47.3 Å². The Balaban J connectivity index is 3.43. The summed E-state index contributed by atoms with van der Waals surface area (Å²) in [5, 5.41) is 8.82. The summed E-state index contributed by atoms with van der Waals surface area (Å²) in [7, 11) is 0. The number of esters is 1. The largest absolute Gasteiger partial charge is 0.462 e. The van der Waals surface area contributed by atoms with Crippen molar-refractivity contribution < 1.29 is 18.3 Å². The maximum Gasteiger partial charge on any atom is 0.338 e. The molecule has 3 nitrogen and oxygen atoms in total. The Morgan fingerprint density at radius 1 is 1.44 bits per heavy atom. The molecule has 0 aromatic heterocycles. The van der Waals surface area contributed by atoms with E-state index in [0.29, 0.717) is 0 Å². The van der Waals surface area contributed by atoms with E-state index in [1.165, 1.54) is 12.1 Å². The second-order valence-corrected chi connectivity index (χ2v) is 3.54. The van der Waals surface area contributed by atoms with E-state index in [0.717, 1.165) is 0 Å². The van der Waals surface area contributed by atoms with Gasteiger partial charge in [0, 0.05) is 5.56 Å². The summed E-state index contributed by atoms with van der Waals surface area (Å²) in [4.78, 5) is 11.6. The average Bonchev–Trinajstić information content (AvgIpc) is 2.36. The molecule has 0 fully saturated rings. The van der Waals surface area contributed by atoms with Gasteiger partial charge >= 0.3 is 5.97 Å². The highest BCUT2D eigenvalue weighted by Gasteiger charge is 2.23. The summed E-state index contributed by atoms with van der Waals surface area (Å²) in [6.45, 7) is 3.47. The maximum absolute atomic E-state index is 13.0. The first-order valence-corrected chi connectivity index (χ1v) is 5.57. The van der Waals surface area contributed by atoms with Crippen LogP contribution in [0.5, 0.6) is 0 Å². The summed E-state index contributed by atoms with van der Waals surface area (Å²) in [5.41, 5.74) is -0.184. The van der Waals surface area contributed by atoms with E-state index in [1.807, 2.05) is 0 Å². The second kappa shape index (κ2) is 6.10. The van der Waals surface area contributed by atoms with Gasteiger partial charge in [-0.1, -0.05) is 6.92 Å². The molecule has 0 amide bonds. The van der Waals surface area contributed by atoms with Gasteiger partial charge in [-0.25, -0.2) is 13.6 Å². The van der Waals surface area contributed by atoms with Crippen LogP contribution in [-0.2, 0) is 11.2 Å². The number of rotatable bonds is 4. The smallest absolute Gasteiger partial charge is 0.338 e. The minimum Gasteiger partial charge on any atom is -0.462 e. The second-order valence-electron chi connectivity index (χ2n) is 3.54. The van der Waals surface area contributed by atoms with E-state index >= 15 is 0 Å². The van der Waals surface area contributed by atoms with Crippen molar-refractivity contribution in [3.05, 3.63) is 34.4 Å². The monoisotopic (exact) mass is 253 g/mol. The SMILES string of the molecule is CCOC(=O)c1ccc(C#N)c(C(F)F)c1CC. The standard InChI is InChI=1S/C13H13F2NO2/c1-3-9-10(13(17)18-4-2)6-5-8(7-16)11(9)12(14)15/h5-6,12H,3-4H2,1-2H3. The first kappa shape index (κ1) is 14.1. The van der Waals surface area contributed by atoms with Crippen LogP contribution in [0.25, 0.3) is 0 Å². The van der Waals surface area contributed by atoms with Crippen LogP contribution in [0.2, 0.25) is 0 Å². The summed E-state index contributed by atoms with van der Waals surface area (Å²) in [6.07, 6.45) is -2.55. The van der Waals surface area contributed by atoms with Crippen LogP contribution in [0, 0.1) is 11.3 Å². The maximum atomic E-state index is 13.0. The highest BCUT2D eigenvalue weighted by Crippen LogP contribution is 2.29. The molecule has 0 bridgehead atoms. The molecule has 1 rings (SSSR count). The number of carbonyl (C=O) groups excluding carboxylic acids is 1. The van der Waals surface area contributed by atoms with Gasteiger partial charge in [0.2, 0.25) is 0 Å². The molecule has 1 aromatic rings. The lowest BCUT2D eigenvalue weighted by molar-refractivity contribution is 0.0524. The molecule has 96 valence electrons. The summed E-state index contributed by atoms with van der Waals surface area (Å²) in [5.74, 6) is -0.638. The summed E-state index contributed by atoms with van der Waals surface area (Å²) in [6, 6.07) is 4.31. The van der Waals surface area contributed by atoms with Crippen molar-refractivity contribution in [1.82, 2.24) is 0 Å². The number of nitriles is 1. The topological polar surface area (TPSA) is 50.1 Å².